The fraction of sp³-hybridized carbons (Fsp3) is 0.381. The number of hydrogen-bond donors (Lipinski definition) is 2. The molecule has 0 saturated heterocycles. The van der Waals surface area contributed by atoms with Crippen molar-refractivity contribution in [1.29, 1.82) is 0 Å². The van der Waals surface area contributed by atoms with E-state index in [4.69, 9.17) is 9.47 Å². The monoisotopic (exact) mass is 483 g/mol. The molecule has 5 nitrogen and oxygen atoms in total. The molecule has 0 atom stereocenters. The number of aryl methyl sites for hydroxylation is 1. The number of methoxy groups -OCH3 is 2. The zero-order chi connectivity index (χ0) is 18.8. The molecule has 0 heterocycles. The predicted octanol–water partition coefficient (Wildman–Crippen LogP) is 3.58. The summed E-state index contributed by atoms with van der Waals surface area (Å²) in [5.74, 6) is 2.63. The Hall–Kier alpha value is -1.96. The molecule has 0 fully saturated rings. The van der Waals surface area contributed by atoms with Gasteiger partial charge in [-0.05, 0) is 54.7 Å². The Kier molecular flexibility index (Phi) is 10.6. The summed E-state index contributed by atoms with van der Waals surface area (Å²) in [6.07, 6.45) is 1.84. The second-order valence-electron chi connectivity index (χ2n) is 6.08. The van der Waals surface area contributed by atoms with Crippen molar-refractivity contribution < 1.29 is 9.47 Å². The Labute approximate surface area is 179 Å². The van der Waals surface area contributed by atoms with E-state index in [9.17, 15) is 0 Å². The van der Waals surface area contributed by atoms with Crippen LogP contribution in [0.5, 0.6) is 11.5 Å². The van der Waals surface area contributed by atoms with Gasteiger partial charge in [-0.1, -0.05) is 24.3 Å². The standard InChI is InChI=1S/C21H29N3O2.HI/c1-16-5-6-18(15-20(16)26-4)12-14-24-21(22-2)23-13-11-17-7-9-19(25-3)10-8-17;/h5-10,15H,11-14H2,1-4H3,(H2,22,23,24);1H. The highest BCUT2D eigenvalue weighted by atomic mass is 127. The van der Waals surface area contributed by atoms with Crippen LogP contribution < -0.4 is 20.1 Å². The van der Waals surface area contributed by atoms with E-state index in [-0.39, 0.29) is 24.0 Å². The Morgan fingerprint density at radius 3 is 2.04 bits per heavy atom. The minimum Gasteiger partial charge on any atom is -0.497 e. The lowest BCUT2D eigenvalue weighted by Crippen LogP contribution is -2.39. The Morgan fingerprint density at radius 1 is 0.889 bits per heavy atom. The summed E-state index contributed by atoms with van der Waals surface area (Å²) in [7, 11) is 5.18. The van der Waals surface area contributed by atoms with E-state index >= 15 is 0 Å². The Bertz CT molecular complexity index is 718. The first kappa shape index (κ1) is 23.1. The molecule has 0 radical (unpaired) electrons. The van der Waals surface area contributed by atoms with Gasteiger partial charge in [0.05, 0.1) is 14.2 Å². The third kappa shape index (κ3) is 7.66. The summed E-state index contributed by atoms with van der Waals surface area (Å²) in [6, 6.07) is 14.5. The topological polar surface area (TPSA) is 54.9 Å². The first-order valence-corrected chi connectivity index (χ1v) is 8.87. The second-order valence-corrected chi connectivity index (χ2v) is 6.08. The third-order valence-electron chi connectivity index (χ3n) is 4.27. The van der Waals surface area contributed by atoms with Gasteiger partial charge in [0, 0.05) is 20.1 Å². The van der Waals surface area contributed by atoms with Crippen LogP contribution in [0.4, 0.5) is 0 Å². The molecule has 0 saturated carbocycles. The van der Waals surface area contributed by atoms with Crippen molar-refractivity contribution in [3.63, 3.8) is 0 Å². The van der Waals surface area contributed by atoms with Crippen LogP contribution >= 0.6 is 24.0 Å². The average molecular weight is 483 g/mol. The van der Waals surface area contributed by atoms with Crippen LogP contribution in [-0.4, -0.2) is 40.3 Å². The van der Waals surface area contributed by atoms with E-state index in [1.54, 1.807) is 21.3 Å². The zero-order valence-electron chi connectivity index (χ0n) is 16.5. The molecule has 0 amide bonds. The first-order chi connectivity index (χ1) is 12.7. The van der Waals surface area contributed by atoms with Gasteiger partial charge in [-0.25, -0.2) is 0 Å². The molecular weight excluding hydrogens is 453 g/mol. The van der Waals surface area contributed by atoms with E-state index in [2.05, 4.69) is 52.9 Å². The van der Waals surface area contributed by atoms with Crippen LogP contribution in [0.25, 0.3) is 0 Å². The van der Waals surface area contributed by atoms with Crippen molar-refractivity contribution in [2.75, 3.05) is 34.4 Å². The van der Waals surface area contributed by atoms with Crippen LogP contribution in [0.15, 0.2) is 47.5 Å². The molecule has 0 bridgehead atoms. The highest BCUT2D eigenvalue weighted by molar-refractivity contribution is 14.0. The number of hydrogen-bond acceptors (Lipinski definition) is 3. The van der Waals surface area contributed by atoms with Crippen molar-refractivity contribution in [2.24, 2.45) is 4.99 Å². The van der Waals surface area contributed by atoms with Crippen LogP contribution in [0.3, 0.4) is 0 Å². The van der Waals surface area contributed by atoms with Crippen LogP contribution in [0, 0.1) is 6.92 Å². The smallest absolute Gasteiger partial charge is 0.190 e. The maximum Gasteiger partial charge on any atom is 0.190 e. The average Bonchev–Trinajstić information content (AvgIpc) is 2.68. The molecule has 0 aliphatic carbocycles. The molecule has 148 valence electrons. The van der Waals surface area contributed by atoms with Gasteiger partial charge in [-0.15, -0.1) is 24.0 Å². The number of nitrogens with one attached hydrogen (secondary N) is 2. The fourth-order valence-electron chi connectivity index (χ4n) is 2.68. The van der Waals surface area contributed by atoms with Crippen molar-refractivity contribution in [3.05, 3.63) is 59.2 Å². The number of nitrogens with zero attached hydrogens (tertiary/aromatic N) is 1. The Morgan fingerprint density at radius 2 is 1.48 bits per heavy atom. The lowest BCUT2D eigenvalue weighted by Gasteiger charge is -2.13. The largest absolute Gasteiger partial charge is 0.497 e. The molecule has 0 spiro atoms. The molecule has 0 aliphatic rings. The van der Waals surface area contributed by atoms with Gasteiger partial charge < -0.3 is 20.1 Å². The predicted molar refractivity (Wildman–Crippen MR) is 123 cm³/mol. The molecule has 2 aromatic carbocycles. The van der Waals surface area contributed by atoms with Gasteiger partial charge in [0.1, 0.15) is 11.5 Å². The molecule has 27 heavy (non-hydrogen) atoms. The first-order valence-electron chi connectivity index (χ1n) is 8.87. The summed E-state index contributed by atoms with van der Waals surface area (Å²) >= 11 is 0. The molecule has 6 heteroatoms. The van der Waals surface area contributed by atoms with Crippen LogP contribution in [-0.2, 0) is 12.8 Å². The Balaban J connectivity index is 0.00000364. The summed E-state index contributed by atoms with van der Waals surface area (Å²) in [5.41, 5.74) is 3.66. The number of guanidine groups is 1. The number of rotatable bonds is 8. The molecule has 2 aromatic rings. The summed E-state index contributed by atoms with van der Waals surface area (Å²) in [6.45, 7) is 3.69. The normalized spacial score (nSPS) is 10.7. The van der Waals surface area contributed by atoms with Gasteiger partial charge in [0.25, 0.3) is 0 Å². The van der Waals surface area contributed by atoms with E-state index in [0.29, 0.717) is 0 Å². The molecule has 0 aliphatic heterocycles. The van der Waals surface area contributed by atoms with Gasteiger partial charge >= 0.3 is 0 Å². The molecular formula is C21H30IN3O2. The van der Waals surface area contributed by atoms with E-state index in [0.717, 1.165) is 49.0 Å². The minimum absolute atomic E-state index is 0. The summed E-state index contributed by atoms with van der Waals surface area (Å²) in [4.78, 5) is 4.28. The van der Waals surface area contributed by atoms with E-state index < -0.39 is 0 Å². The van der Waals surface area contributed by atoms with Crippen molar-refractivity contribution in [2.45, 2.75) is 19.8 Å². The van der Waals surface area contributed by atoms with E-state index in [1.165, 1.54) is 11.1 Å². The summed E-state index contributed by atoms with van der Waals surface area (Å²) < 4.78 is 10.6. The number of halogens is 1. The van der Waals surface area contributed by atoms with Gasteiger partial charge in [0.2, 0.25) is 0 Å². The van der Waals surface area contributed by atoms with Gasteiger partial charge in [-0.3, -0.25) is 4.99 Å². The number of aliphatic imine (C=N–C) groups is 1. The fourth-order valence-corrected chi connectivity index (χ4v) is 2.68. The molecule has 0 aromatic heterocycles. The van der Waals surface area contributed by atoms with Crippen molar-refractivity contribution in [3.8, 4) is 11.5 Å². The molecule has 2 N–H and O–H groups in total. The number of benzene rings is 2. The van der Waals surface area contributed by atoms with Gasteiger partial charge in [-0.2, -0.15) is 0 Å². The van der Waals surface area contributed by atoms with Gasteiger partial charge in [0.15, 0.2) is 5.96 Å². The zero-order valence-corrected chi connectivity index (χ0v) is 18.9. The van der Waals surface area contributed by atoms with Crippen LogP contribution in [0.1, 0.15) is 16.7 Å². The van der Waals surface area contributed by atoms with Crippen LogP contribution in [0.2, 0.25) is 0 Å². The lowest BCUT2D eigenvalue weighted by atomic mass is 10.1. The third-order valence-corrected chi connectivity index (χ3v) is 4.27. The maximum absolute atomic E-state index is 5.38. The van der Waals surface area contributed by atoms with Crippen molar-refractivity contribution in [1.82, 2.24) is 10.6 Å². The second kappa shape index (κ2) is 12.4. The number of ether oxygens (including phenoxy) is 2. The van der Waals surface area contributed by atoms with E-state index in [1.807, 2.05) is 12.1 Å². The minimum atomic E-state index is 0. The molecule has 0 unspecified atom stereocenters. The SMILES string of the molecule is CN=C(NCCc1ccc(OC)cc1)NCCc1ccc(C)c(OC)c1.I. The highest BCUT2D eigenvalue weighted by Gasteiger charge is 2.02. The quantitative estimate of drug-likeness (QED) is 0.343. The highest BCUT2D eigenvalue weighted by Crippen LogP contribution is 2.19. The van der Waals surface area contributed by atoms with Crippen molar-refractivity contribution >= 4 is 29.9 Å². The molecule has 2 rings (SSSR count). The lowest BCUT2D eigenvalue weighted by molar-refractivity contribution is 0.411. The summed E-state index contributed by atoms with van der Waals surface area (Å²) in [5, 5.41) is 6.70. The maximum atomic E-state index is 5.38.